The largest absolute Gasteiger partial charge is 0.490 e. The molecule has 0 atom stereocenters. The van der Waals surface area contributed by atoms with Crippen LogP contribution in [0.2, 0.25) is 0 Å². The van der Waals surface area contributed by atoms with Gasteiger partial charge in [-0.25, -0.2) is 13.4 Å². The summed E-state index contributed by atoms with van der Waals surface area (Å²) in [6.45, 7) is 3.38. The van der Waals surface area contributed by atoms with Gasteiger partial charge < -0.3 is 10.1 Å². The van der Waals surface area contributed by atoms with Gasteiger partial charge in [-0.15, -0.1) is 11.3 Å². The zero-order chi connectivity index (χ0) is 24.0. The molecule has 3 aromatic rings. The van der Waals surface area contributed by atoms with Crippen LogP contribution in [-0.4, -0.2) is 32.5 Å². The third kappa shape index (κ3) is 4.53. The Kier molecular flexibility index (Phi) is 5.83. The molecule has 1 aliphatic heterocycles. The van der Waals surface area contributed by atoms with Crippen molar-refractivity contribution in [1.29, 1.82) is 0 Å². The van der Waals surface area contributed by atoms with Crippen molar-refractivity contribution in [3.63, 3.8) is 0 Å². The summed E-state index contributed by atoms with van der Waals surface area (Å²) in [5.74, 6) is -0.336. The molecule has 1 aromatic heterocycles. The minimum Gasteiger partial charge on any atom is -0.490 e. The lowest BCUT2D eigenvalue weighted by Crippen LogP contribution is -2.32. The van der Waals surface area contributed by atoms with Gasteiger partial charge in [-0.05, 0) is 56.3 Å². The van der Waals surface area contributed by atoms with Gasteiger partial charge in [-0.1, -0.05) is 0 Å². The fourth-order valence-electron chi connectivity index (χ4n) is 3.40. The fraction of sp³-hybridized carbons (Fsp3) is 0.238. The molecule has 0 aliphatic carbocycles. The molecule has 0 bridgehead atoms. The molecule has 0 saturated heterocycles. The van der Waals surface area contributed by atoms with Crippen LogP contribution in [0.15, 0.2) is 47.4 Å². The van der Waals surface area contributed by atoms with E-state index in [1.165, 1.54) is 29.5 Å². The standard InChI is InChI=1S/C21H18F3N3O4S2/c1-12-19(32-13(2)25-12)20(28)26-15-5-8-17-18(11-15)33(29,30)27(9-10-31-17)16-6-3-14(4-7-16)21(22,23)24/h3-8,11H,9-10H2,1-2H3,(H,26,28). The Bertz CT molecular complexity index is 1320. The van der Waals surface area contributed by atoms with E-state index in [0.717, 1.165) is 33.6 Å². The Morgan fingerprint density at radius 1 is 1.15 bits per heavy atom. The smallest absolute Gasteiger partial charge is 0.416 e. The van der Waals surface area contributed by atoms with Crippen molar-refractivity contribution >= 4 is 38.6 Å². The quantitative estimate of drug-likeness (QED) is 0.571. The van der Waals surface area contributed by atoms with Crippen LogP contribution in [0.4, 0.5) is 24.5 Å². The predicted molar refractivity (Wildman–Crippen MR) is 117 cm³/mol. The summed E-state index contributed by atoms with van der Waals surface area (Å²) in [6.07, 6.45) is -4.53. The van der Waals surface area contributed by atoms with Crippen LogP contribution in [0.1, 0.15) is 25.9 Å². The Hall–Kier alpha value is -3.12. The second-order valence-electron chi connectivity index (χ2n) is 7.23. The monoisotopic (exact) mass is 497 g/mol. The molecule has 1 N–H and O–H groups in total. The van der Waals surface area contributed by atoms with Gasteiger partial charge >= 0.3 is 6.18 Å². The van der Waals surface area contributed by atoms with E-state index in [1.807, 2.05) is 0 Å². The first-order valence-corrected chi connectivity index (χ1v) is 11.9. The Labute approximate surface area is 191 Å². The second kappa shape index (κ2) is 8.34. The maximum Gasteiger partial charge on any atom is 0.416 e. The van der Waals surface area contributed by atoms with E-state index in [1.54, 1.807) is 13.8 Å². The van der Waals surface area contributed by atoms with Gasteiger partial charge in [-0.3, -0.25) is 9.10 Å². The zero-order valence-electron chi connectivity index (χ0n) is 17.4. The lowest BCUT2D eigenvalue weighted by atomic mass is 10.2. The number of aryl methyl sites for hydroxylation is 2. The van der Waals surface area contributed by atoms with Gasteiger partial charge in [0.25, 0.3) is 15.9 Å². The molecule has 0 saturated carbocycles. The van der Waals surface area contributed by atoms with E-state index in [-0.39, 0.29) is 35.2 Å². The van der Waals surface area contributed by atoms with Crippen LogP contribution in [0, 0.1) is 13.8 Å². The number of benzene rings is 2. The van der Waals surface area contributed by atoms with E-state index < -0.39 is 27.7 Å². The highest BCUT2D eigenvalue weighted by Crippen LogP contribution is 2.36. The first-order valence-electron chi connectivity index (χ1n) is 9.69. The number of carbonyl (C=O) groups excluding carboxylic acids is 1. The summed E-state index contributed by atoms with van der Waals surface area (Å²) >= 11 is 1.22. The Morgan fingerprint density at radius 3 is 2.45 bits per heavy atom. The van der Waals surface area contributed by atoms with Crippen molar-refractivity contribution in [3.05, 3.63) is 63.6 Å². The number of thiazole rings is 1. The number of amides is 1. The van der Waals surface area contributed by atoms with Crippen LogP contribution in [0.25, 0.3) is 0 Å². The SMILES string of the molecule is Cc1nc(C)c(C(=O)Nc2ccc3c(c2)S(=O)(=O)N(c2ccc(C(F)(F)F)cc2)CCO3)s1. The highest BCUT2D eigenvalue weighted by molar-refractivity contribution is 7.93. The molecule has 1 amide bonds. The van der Waals surface area contributed by atoms with Crippen LogP contribution in [-0.2, 0) is 16.2 Å². The second-order valence-corrected chi connectivity index (χ2v) is 10.3. The Morgan fingerprint density at radius 2 is 1.85 bits per heavy atom. The number of ether oxygens (including phenoxy) is 1. The first-order chi connectivity index (χ1) is 15.5. The average molecular weight is 498 g/mol. The molecule has 174 valence electrons. The normalized spacial score (nSPS) is 15.4. The summed E-state index contributed by atoms with van der Waals surface area (Å²) in [5, 5.41) is 3.39. The summed E-state index contributed by atoms with van der Waals surface area (Å²) in [7, 11) is -4.18. The van der Waals surface area contributed by atoms with Gasteiger partial charge in [0.2, 0.25) is 0 Å². The number of alkyl halides is 3. The number of nitrogens with one attached hydrogen (secondary N) is 1. The third-order valence-electron chi connectivity index (χ3n) is 4.91. The Balaban J connectivity index is 1.67. The van der Waals surface area contributed by atoms with E-state index in [2.05, 4.69) is 10.3 Å². The van der Waals surface area contributed by atoms with Gasteiger partial charge in [0.1, 0.15) is 22.1 Å². The summed E-state index contributed by atoms with van der Waals surface area (Å²) in [5.41, 5.74) is -0.0156. The van der Waals surface area contributed by atoms with E-state index >= 15 is 0 Å². The third-order valence-corrected chi connectivity index (χ3v) is 7.83. The predicted octanol–water partition coefficient (Wildman–Crippen LogP) is 4.62. The van der Waals surface area contributed by atoms with Crippen molar-refractivity contribution in [2.24, 2.45) is 0 Å². The highest BCUT2D eigenvalue weighted by Gasteiger charge is 2.34. The van der Waals surface area contributed by atoms with E-state index in [4.69, 9.17) is 4.74 Å². The molecule has 1 aliphatic rings. The number of sulfonamides is 1. The summed E-state index contributed by atoms with van der Waals surface area (Å²) < 4.78 is 71.9. The van der Waals surface area contributed by atoms with Crippen molar-refractivity contribution in [3.8, 4) is 5.75 Å². The van der Waals surface area contributed by atoms with E-state index in [9.17, 15) is 26.4 Å². The molecule has 0 spiro atoms. The molecule has 0 radical (unpaired) electrons. The fourth-order valence-corrected chi connectivity index (χ4v) is 5.82. The van der Waals surface area contributed by atoms with E-state index in [0.29, 0.717) is 10.6 Å². The van der Waals surface area contributed by atoms with Gasteiger partial charge in [0, 0.05) is 5.69 Å². The molecule has 2 heterocycles. The molecule has 2 aromatic carbocycles. The molecule has 0 unspecified atom stereocenters. The van der Waals surface area contributed by atoms with Gasteiger partial charge in [0.05, 0.1) is 28.5 Å². The maximum atomic E-state index is 13.4. The van der Waals surface area contributed by atoms with Gasteiger partial charge in [-0.2, -0.15) is 13.2 Å². The molecule has 33 heavy (non-hydrogen) atoms. The molecule has 0 fully saturated rings. The minimum atomic E-state index is -4.53. The average Bonchev–Trinajstić information content (AvgIpc) is 3.02. The van der Waals surface area contributed by atoms with Crippen molar-refractivity contribution in [2.45, 2.75) is 24.9 Å². The highest BCUT2D eigenvalue weighted by atomic mass is 32.2. The molecule has 7 nitrogen and oxygen atoms in total. The summed E-state index contributed by atoms with van der Waals surface area (Å²) in [4.78, 5) is 17.0. The summed E-state index contributed by atoms with van der Waals surface area (Å²) in [6, 6.07) is 8.08. The van der Waals surface area contributed by atoms with Crippen LogP contribution in [0.5, 0.6) is 5.75 Å². The number of nitrogens with zero attached hydrogens (tertiary/aromatic N) is 2. The number of hydrogen-bond acceptors (Lipinski definition) is 6. The maximum absolute atomic E-state index is 13.4. The van der Waals surface area contributed by atoms with Crippen LogP contribution < -0.4 is 14.4 Å². The molecule has 4 rings (SSSR count). The minimum absolute atomic E-state index is 0.00169. The number of carbonyl (C=O) groups is 1. The zero-order valence-corrected chi connectivity index (χ0v) is 19.1. The van der Waals surface area contributed by atoms with Crippen molar-refractivity contribution in [2.75, 3.05) is 22.8 Å². The topological polar surface area (TPSA) is 88.6 Å². The number of aromatic nitrogens is 1. The van der Waals surface area contributed by atoms with Crippen molar-refractivity contribution in [1.82, 2.24) is 4.98 Å². The van der Waals surface area contributed by atoms with Crippen molar-refractivity contribution < 1.29 is 31.1 Å². The lowest BCUT2D eigenvalue weighted by Gasteiger charge is -2.22. The van der Waals surface area contributed by atoms with Crippen LogP contribution in [0.3, 0.4) is 0 Å². The number of rotatable bonds is 3. The molecule has 12 heteroatoms. The molecular formula is C21H18F3N3O4S2. The number of fused-ring (bicyclic) bond motifs is 1. The number of hydrogen-bond donors (Lipinski definition) is 1. The van der Waals surface area contributed by atoms with Crippen LogP contribution >= 0.6 is 11.3 Å². The number of anilines is 2. The first kappa shape index (κ1) is 23.1. The lowest BCUT2D eigenvalue weighted by molar-refractivity contribution is -0.137. The number of halogens is 3. The van der Waals surface area contributed by atoms with Gasteiger partial charge in [0.15, 0.2) is 0 Å². The molecular weight excluding hydrogens is 479 g/mol.